The zero-order valence-corrected chi connectivity index (χ0v) is 25.3. The van der Waals surface area contributed by atoms with Crippen molar-refractivity contribution in [1.82, 2.24) is 39.5 Å². The lowest BCUT2D eigenvalue weighted by molar-refractivity contribution is -0.141. The molecule has 0 unspecified atom stereocenters. The van der Waals surface area contributed by atoms with Crippen molar-refractivity contribution in [1.29, 1.82) is 5.26 Å². The predicted octanol–water partition coefficient (Wildman–Crippen LogP) is 4.51. The number of H-pyrrole nitrogens is 1. The van der Waals surface area contributed by atoms with Crippen LogP contribution in [0.2, 0.25) is 0 Å². The summed E-state index contributed by atoms with van der Waals surface area (Å²) in [5.41, 5.74) is 1.49. The molecule has 2 saturated heterocycles. The number of likely N-dealkylation sites (tertiary alicyclic amines) is 2. The maximum absolute atomic E-state index is 13.7. The number of pyridine rings is 1. The zero-order valence-electron chi connectivity index (χ0n) is 25.3. The van der Waals surface area contributed by atoms with E-state index in [-0.39, 0.29) is 24.6 Å². The summed E-state index contributed by atoms with van der Waals surface area (Å²) in [4.78, 5) is 20.0. The van der Waals surface area contributed by atoms with Crippen LogP contribution in [0.3, 0.4) is 0 Å². The number of nitrogens with one attached hydrogen (secondary N) is 1. The fourth-order valence-corrected chi connectivity index (χ4v) is 7.36. The summed E-state index contributed by atoms with van der Waals surface area (Å²) >= 11 is 0. The van der Waals surface area contributed by atoms with Crippen molar-refractivity contribution in [2.24, 2.45) is 0 Å². The SMILES string of the molecule is N#CCC1(n2cc(-c3ncnc4[nH]ccc34)cn2)CN(C2CCC(Oc3cc(CN4CCC[C@@H]4CO)cc(C(F)(F)F)n3)CC2)C1. The van der Waals surface area contributed by atoms with Crippen LogP contribution in [0.5, 0.6) is 5.88 Å². The average Bonchev–Trinajstić information content (AvgIpc) is 3.80. The number of hydrogen-bond acceptors (Lipinski definition) is 9. The Balaban J connectivity index is 0.984. The van der Waals surface area contributed by atoms with E-state index in [9.17, 15) is 23.5 Å². The highest BCUT2D eigenvalue weighted by Crippen LogP contribution is 2.39. The number of aliphatic hydroxyl groups excluding tert-OH is 1. The Morgan fingerprint density at radius 2 is 1.96 bits per heavy atom. The lowest BCUT2D eigenvalue weighted by atomic mass is 9.82. The van der Waals surface area contributed by atoms with Crippen LogP contribution in [0, 0.1) is 11.3 Å². The molecule has 2 aliphatic heterocycles. The first-order chi connectivity index (χ1) is 22.2. The molecule has 0 amide bonds. The molecule has 11 nitrogen and oxygen atoms in total. The first kappa shape index (κ1) is 30.6. The predicted molar refractivity (Wildman–Crippen MR) is 161 cm³/mol. The summed E-state index contributed by atoms with van der Waals surface area (Å²) in [5.74, 6) is 0.0000890. The number of aliphatic hydroxyl groups is 1. The van der Waals surface area contributed by atoms with E-state index in [0.29, 0.717) is 50.5 Å². The van der Waals surface area contributed by atoms with E-state index >= 15 is 0 Å². The second kappa shape index (κ2) is 12.3. The van der Waals surface area contributed by atoms with Crippen LogP contribution in [0.25, 0.3) is 22.3 Å². The second-order valence-electron chi connectivity index (χ2n) is 12.8. The van der Waals surface area contributed by atoms with Crippen LogP contribution in [-0.2, 0) is 18.3 Å². The third kappa shape index (κ3) is 5.94. The molecule has 1 aliphatic carbocycles. The van der Waals surface area contributed by atoms with Gasteiger partial charge in [-0.05, 0) is 62.8 Å². The highest BCUT2D eigenvalue weighted by Gasteiger charge is 2.48. The Morgan fingerprint density at radius 1 is 1.13 bits per heavy atom. The summed E-state index contributed by atoms with van der Waals surface area (Å²) < 4.78 is 49.2. The molecule has 46 heavy (non-hydrogen) atoms. The van der Waals surface area contributed by atoms with Gasteiger partial charge < -0.3 is 14.8 Å². The van der Waals surface area contributed by atoms with Crippen molar-refractivity contribution in [3.63, 3.8) is 0 Å². The Morgan fingerprint density at radius 3 is 2.72 bits per heavy atom. The van der Waals surface area contributed by atoms with Crippen molar-refractivity contribution < 1.29 is 23.0 Å². The molecule has 242 valence electrons. The maximum atomic E-state index is 13.7. The van der Waals surface area contributed by atoms with E-state index in [4.69, 9.17) is 4.74 Å². The smallest absolute Gasteiger partial charge is 0.433 e. The van der Waals surface area contributed by atoms with E-state index in [1.165, 1.54) is 6.33 Å². The van der Waals surface area contributed by atoms with Crippen LogP contribution >= 0.6 is 0 Å². The number of ether oxygens (including phenoxy) is 1. The number of nitrogens with zero attached hydrogens (tertiary/aromatic N) is 8. The average molecular weight is 636 g/mol. The van der Waals surface area contributed by atoms with Gasteiger partial charge in [0, 0.05) is 61.1 Å². The first-order valence-corrected chi connectivity index (χ1v) is 15.8. The van der Waals surface area contributed by atoms with Crippen molar-refractivity contribution in [2.75, 3.05) is 26.2 Å². The summed E-state index contributed by atoms with van der Waals surface area (Å²) in [6, 6.07) is 7.23. The summed E-state index contributed by atoms with van der Waals surface area (Å²) in [5, 5.41) is 24.9. The van der Waals surface area contributed by atoms with Crippen LogP contribution in [-0.4, -0.2) is 89.1 Å². The molecular weight excluding hydrogens is 599 g/mol. The first-order valence-electron chi connectivity index (χ1n) is 15.8. The second-order valence-corrected chi connectivity index (χ2v) is 12.8. The normalized spacial score (nSPS) is 23.8. The zero-order chi connectivity index (χ0) is 31.9. The number of aromatic nitrogens is 6. The van der Waals surface area contributed by atoms with E-state index in [1.54, 1.807) is 12.3 Å². The molecular formula is C32H36F3N9O2. The van der Waals surface area contributed by atoms with Crippen molar-refractivity contribution >= 4 is 11.0 Å². The summed E-state index contributed by atoms with van der Waals surface area (Å²) in [6.45, 7) is 2.41. The molecule has 0 spiro atoms. The monoisotopic (exact) mass is 635 g/mol. The molecule has 1 atom stereocenters. The molecule has 14 heteroatoms. The van der Waals surface area contributed by atoms with E-state index in [2.05, 4.69) is 36.0 Å². The van der Waals surface area contributed by atoms with Gasteiger partial charge in [0.1, 0.15) is 29.3 Å². The van der Waals surface area contributed by atoms with Gasteiger partial charge in [0.25, 0.3) is 0 Å². The van der Waals surface area contributed by atoms with Crippen molar-refractivity contribution in [3.8, 4) is 23.2 Å². The Kier molecular flexibility index (Phi) is 8.16. The molecule has 2 N–H and O–H groups in total. The fraction of sp³-hybridized carbons (Fsp3) is 0.531. The molecule has 0 bridgehead atoms. The van der Waals surface area contributed by atoms with Gasteiger partial charge in [0.15, 0.2) is 0 Å². The van der Waals surface area contributed by atoms with Gasteiger partial charge in [-0.1, -0.05) is 0 Å². The summed E-state index contributed by atoms with van der Waals surface area (Å²) in [7, 11) is 0. The third-order valence-corrected chi connectivity index (χ3v) is 9.79. The number of nitriles is 1. The number of rotatable bonds is 9. The van der Waals surface area contributed by atoms with Crippen LogP contribution in [0.1, 0.15) is 56.2 Å². The molecule has 3 fully saturated rings. The lowest BCUT2D eigenvalue weighted by Crippen LogP contribution is -2.65. The third-order valence-electron chi connectivity index (χ3n) is 9.79. The number of aromatic amines is 1. The van der Waals surface area contributed by atoms with Gasteiger partial charge in [-0.3, -0.25) is 14.5 Å². The van der Waals surface area contributed by atoms with Gasteiger partial charge in [-0.2, -0.15) is 23.5 Å². The van der Waals surface area contributed by atoms with E-state index < -0.39 is 17.4 Å². The Bertz CT molecular complexity index is 1720. The molecule has 0 radical (unpaired) electrons. The molecule has 0 aromatic carbocycles. The number of halogens is 3. The van der Waals surface area contributed by atoms with Gasteiger partial charge in [-0.25, -0.2) is 15.0 Å². The van der Waals surface area contributed by atoms with Crippen LogP contribution < -0.4 is 4.74 Å². The Labute approximate surface area is 264 Å². The Hall–Kier alpha value is -4.06. The van der Waals surface area contributed by atoms with Gasteiger partial charge >= 0.3 is 6.18 Å². The molecule has 4 aromatic rings. The van der Waals surface area contributed by atoms with E-state index in [0.717, 1.165) is 60.6 Å². The van der Waals surface area contributed by atoms with Crippen molar-refractivity contribution in [2.45, 2.75) is 81.4 Å². The minimum atomic E-state index is -4.58. The molecule has 6 heterocycles. The highest BCUT2D eigenvalue weighted by molar-refractivity contribution is 5.90. The van der Waals surface area contributed by atoms with Crippen LogP contribution in [0.15, 0.2) is 43.1 Å². The minimum Gasteiger partial charge on any atom is -0.474 e. The largest absolute Gasteiger partial charge is 0.474 e. The molecule has 4 aromatic heterocycles. The topological polar surface area (TPSA) is 132 Å². The quantitative estimate of drug-likeness (QED) is 0.273. The number of fused-ring (bicyclic) bond motifs is 1. The van der Waals surface area contributed by atoms with Crippen LogP contribution in [0.4, 0.5) is 13.2 Å². The van der Waals surface area contributed by atoms with Gasteiger partial charge in [-0.15, -0.1) is 0 Å². The van der Waals surface area contributed by atoms with Gasteiger partial charge in [0.05, 0.1) is 31.0 Å². The van der Waals surface area contributed by atoms with E-state index in [1.807, 2.05) is 28.0 Å². The van der Waals surface area contributed by atoms with Crippen molar-refractivity contribution in [3.05, 3.63) is 54.4 Å². The molecule has 1 saturated carbocycles. The molecule has 3 aliphatic rings. The summed E-state index contributed by atoms with van der Waals surface area (Å²) in [6.07, 6.45) is 7.40. The minimum absolute atomic E-state index is 0.0000890. The lowest BCUT2D eigenvalue weighted by Gasteiger charge is -2.53. The number of hydrogen-bond donors (Lipinski definition) is 2. The van der Waals surface area contributed by atoms with Gasteiger partial charge in [0.2, 0.25) is 5.88 Å². The molecule has 7 rings (SSSR count). The fourth-order valence-electron chi connectivity index (χ4n) is 7.36. The highest BCUT2D eigenvalue weighted by atomic mass is 19.4. The number of alkyl halides is 3. The maximum Gasteiger partial charge on any atom is 0.433 e. The standard InChI is InChI=1S/C32H36F3N9O2/c33-32(34,35)27-12-21(15-42-11-1-2-24(42)17-45)13-28(41-27)46-25-5-3-23(4-6-25)43-18-31(19-43,8-9-36)44-16-22(14-40-44)29-26-7-10-37-30(26)39-20-38-29/h7,10,12-14,16,20,23-25,45H,1-6,8,11,15,17-19H2,(H,37,38,39)/t23?,24-,25?/m1/s1.